The van der Waals surface area contributed by atoms with Crippen molar-refractivity contribution in [3.8, 4) is 0 Å². The molecule has 0 aromatic carbocycles. The minimum atomic E-state index is 0.392. The molecule has 1 nitrogen and oxygen atoms in total. The van der Waals surface area contributed by atoms with Gasteiger partial charge in [0.25, 0.3) is 0 Å². The lowest BCUT2D eigenvalue weighted by Gasteiger charge is -2.33. The Morgan fingerprint density at radius 2 is 1.67 bits per heavy atom. The number of ether oxygens (including phenoxy) is 1. The Morgan fingerprint density at radius 3 is 2.13 bits per heavy atom. The molecule has 0 unspecified atom stereocenters. The minimum Gasteiger partial charge on any atom is -0.379 e. The third-order valence-corrected chi connectivity index (χ3v) is 4.09. The second kappa shape index (κ2) is 5.89. The number of hydrogen-bond donors (Lipinski definition) is 0. The molecule has 0 bridgehead atoms. The molecule has 0 amide bonds. The molecule has 1 fully saturated rings. The summed E-state index contributed by atoms with van der Waals surface area (Å²) in [5.41, 5.74) is 0.653. The van der Waals surface area contributed by atoms with Crippen LogP contribution < -0.4 is 0 Å². The van der Waals surface area contributed by atoms with Crippen LogP contribution in [0.25, 0.3) is 0 Å². The molecule has 0 aromatic heterocycles. The van der Waals surface area contributed by atoms with Crippen molar-refractivity contribution in [3.63, 3.8) is 0 Å². The summed E-state index contributed by atoms with van der Waals surface area (Å²) in [7, 11) is 0. The fourth-order valence-corrected chi connectivity index (χ4v) is 2.94. The van der Waals surface area contributed by atoms with Gasteiger partial charge in [-0.1, -0.05) is 26.7 Å². The molecule has 1 aliphatic rings. The van der Waals surface area contributed by atoms with E-state index in [4.69, 9.17) is 4.74 Å². The maximum atomic E-state index is 5.63. The van der Waals surface area contributed by atoms with Crippen molar-refractivity contribution in [2.45, 2.75) is 72.3 Å². The van der Waals surface area contributed by atoms with Gasteiger partial charge in [0, 0.05) is 6.61 Å². The van der Waals surface area contributed by atoms with Gasteiger partial charge in [0.2, 0.25) is 0 Å². The summed E-state index contributed by atoms with van der Waals surface area (Å²) in [5.74, 6) is 0.846. The van der Waals surface area contributed by atoms with E-state index in [0.717, 1.165) is 12.5 Å². The minimum absolute atomic E-state index is 0.392. The van der Waals surface area contributed by atoms with E-state index in [-0.39, 0.29) is 0 Å². The van der Waals surface area contributed by atoms with Crippen LogP contribution in [0.4, 0.5) is 0 Å². The summed E-state index contributed by atoms with van der Waals surface area (Å²) in [6, 6.07) is 0. The molecular formula is C14H28O. The maximum absolute atomic E-state index is 5.63. The molecule has 1 saturated carbocycles. The van der Waals surface area contributed by atoms with Crippen LogP contribution in [0.1, 0.15) is 66.2 Å². The van der Waals surface area contributed by atoms with Crippen LogP contribution in [0, 0.1) is 11.3 Å². The third kappa shape index (κ3) is 3.79. The highest BCUT2D eigenvalue weighted by Crippen LogP contribution is 2.47. The summed E-state index contributed by atoms with van der Waals surface area (Å²) in [6.07, 6.45) is 8.81. The second-order valence-corrected chi connectivity index (χ2v) is 5.75. The normalized spacial score (nSPS) is 20.4. The average Bonchev–Trinajstić information content (AvgIpc) is 2.62. The lowest BCUT2D eigenvalue weighted by Crippen LogP contribution is -2.24. The van der Waals surface area contributed by atoms with Gasteiger partial charge in [-0.25, -0.2) is 0 Å². The van der Waals surface area contributed by atoms with Crippen molar-refractivity contribution in [1.29, 1.82) is 0 Å². The summed E-state index contributed by atoms with van der Waals surface area (Å²) in [4.78, 5) is 0. The smallest absolute Gasteiger partial charge is 0.0518 e. The van der Waals surface area contributed by atoms with Crippen molar-refractivity contribution >= 4 is 0 Å². The van der Waals surface area contributed by atoms with E-state index in [1.165, 1.54) is 38.5 Å². The van der Waals surface area contributed by atoms with Gasteiger partial charge in [0.05, 0.1) is 6.10 Å². The van der Waals surface area contributed by atoms with E-state index in [9.17, 15) is 0 Å². The largest absolute Gasteiger partial charge is 0.379 e. The standard InChI is InChI=1S/C14H28O/c1-12(2)14(8-5-6-9-14)10-7-11-15-13(3)4/h12-13H,5-11H2,1-4H3. The molecule has 0 aliphatic heterocycles. The van der Waals surface area contributed by atoms with E-state index in [1.807, 2.05) is 0 Å². The van der Waals surface area contributed by atoms with Crippen molar-refractivity contribution < 1.29 is 4.74 Å². The molecule has 0 spiro atoms. The molecular weight excluding hydrogens is 184 g/mol. The van der Waals surface area contributed by atoms with Gasteiger partial charge < -0.3 is 4.74 Å². The van der Waals surface area contributed by atoms with Gasteiger partial charge in [-0.15, -0.1) is 0 Å². The van der Waals surface area contributed by atoms with E-state index in [2.05, 4.69) is 27.7 Å². The fraction of sp³-hybridized carbons (Fsp3) is 1.00. The molecule has 90 valence electrons. The molecule has 15 heavy (non-hydrogen) atoms. The Kier molecular flexibility index (Phi) is 5.11. The highest BCUT2D eigenvalue weighted by molar-refractivity contribution is 4.87. The van der Waals surface area contributed by atoms with E-state index in [0.29, 0.717) is 11.5 Å². The fourth-order valence-electron chi connectivity index (χ4n) is 2.94. The lowest BCUT2D eigenvalue weighted by atomic mass is 9.72. The van der Waals surface area contributed by atoms with Gasteiger partial charge in [-0.05, 0) is 50.9 Å². The van der Waals surface area contributed by atoms with E-state index < -0.39 is 0 Å². The molecule has 0 radical (unpaired) electrons. The molecule has 0 saturated heterocycles. The van der Waals surface area contributed by atoms with Crippen LogP contribution in [0.15, 0.2) is 0 Å². The van der Waals surface area contributed by atoms with Gasteiger partial charge >= 0.3 is 0 Å². The summed E-state index contributed by atoms with van der Waals surface area (Å²) in [6.45, 7) is 9.98. The average molecular weight is 212 g/mol. The highest BCUT2D eigenvalue weighted by atomic mass is 16.5. The Bertz CT molecular complexity index is 166. The predicted molar refractivity (Wildman–Crippen MR) is 66.1 cm³/mol. The third-order valence-electron chi connectivity index (χ3n) is 4.09. The zero-order valence-electron chi connectivity index (χ0n) is 11.0. The monoisotopic (exact) mass is 212 g/mol. The topological polar surface area (TPSA) is 9.23 Å². The van der Waals surface area contributed by atoms with E-state index >= 15 is 0 Å². The molecule has 0 aromatic rings. The molecule has 0 atom stereocenters. The molecule has 0 N–H and O–H groups in total. The van der Waals surface area contributed by atoms with Crippen LogP contribution in [0.3, 0.4) is 0 Å². The second-order valence-electron chi connectivity index (χ2n) is 5.75. The molecule has 0 heterocycles. The van der Waals surface area contributed by atoms with E-state index in [1.54, 1.807) is 0 Å². The van der Waals surface area contributed by atoms with Gasteiger partial charge in [0.1, 0.15) is 0 Å². The number of rotatable bonds is 6. The molecule has 1 aliphatic carbocycles. The SMILES string of the molecule is CC(C)OCCCC1(C(C)C)CCCC1. The first-order valence-corrected chi connectivity index (χ1v) is 6.68. The van der Waals surface area contributed by atoms with Crippen LogP contribution in [-0.4, -0.2) is 12.7 Å². The van der Waals surface area contributed by atoms with Gasteiger partial charge in [0.15, 0.2) is 0 Å². The zero-order chi connectivity index (χ0) is 11.3. The first kappa shape index (κ1) is 13.0. The van der Waals surface area contributed by atoms with Crippen molar-refractivity contribution in [2.24, 2.45) is 11.3 Å². The Morgan fingerprint density at radius 1 is 1.07 bits per heavy atom. The summed E-state index contributed by atoms with van der Waals surface area (Å²) < 4.78 is 5.63. The van der Waals surface area contributed by atoms with Crippen molar-refractivity contribution in [3.05, 3.63) is 0 Å². The van der Waals surface area contributed by atoms with Crippen LogP contribution in [-0.2, 0) is 4.74 Å². The molecule has 1 rings (SSSR count). The van der Waals surface area contributed by atoms with Crippen LogP contribution >= 0.6 is 0 Å². The number of hydrogen-bond acceptors (Lipinski definition) is 1. The first-order chi connectivity index (χ1) is 7.07. The lowest BCUT2D eigenvalue weighted by molar-refractivity contribution is 0.0620. The Labute approximate surface area is 95.6 Å². The summed E-state index contributed by atoms with van der Waals surface area (Å²) in [5, 5.41) is 0. The molecule has 1 heteroatoms. The maximum Gasteiger partial charge on any atom is 0.0518 e. The van der Waals surface area contributed by atoms with Crippen LogP contribution in [0.2, 0.25) is 0 Å². The predicted octanol–water partition coefficient (Wildman–Crippen LogP) is 4.41. The van der Waals surface area contributed by atoms with Crippen LogP contribution in [0.5, 0.6) is 0 Å². The Balaban J connectivity index is 2.27. The van der Waals surface area contributed by atoms with Gasteiger partial charge in [-0.2, -0.15) is 0 Å². The zero-order valence-corrected chi connectivity index (χ0v) is 11.0. The quantitative estimate of drug-likeness (QED) is 0.593. The highest BCUT2D eigenvalue weighted by Gasteiger charge is 2.35. The van der Waals surface area contributed by atoms with Gasteiger partial charge in [-0.3, -0.25) is 0 Å². The van der Waals surface area contributed by atoms with Crippen molar-refractivity contribution in [1.82, 2.24) is 0 Å². The van der Waals surface area contributed by atoms with Crippen molar-refractivity contribution in [2.75, 3.05) is 6.61 Å². The Hall–Kier alpha value is -0.0400. The summed E-state index contributed by atoms with van der Waals surface area (Å²) >= 11 is 0. The first-order valence-electron chi connectivity index (χ1n) is 6.68.